The Kier molecular flexibility index (Phi) is 5.68. The Labute approximate surface area is 165 Å². The number of benzene rings is 2. The first-order valence-corrected chi connectivity index (χ1v) is 9.70. The van der Waals surface area contributed by atoms with Gasteiger partial charge >= 0.3 is 0 Å². The summed E-state index contributed by atoms with van der Waals surface area (Å²) in [4.78, 5) is 11.4. The maximum Gasteiger partial charge on any atom is 0.229 e. The highest BCUT2D eigenvalue weighted by Gasteiger charge is 2.15. The normalized spacial score (nSPS) is 14.0. The molecule has 0 bridgehead atoms. The Morgan fingerprint density at radius 1 is 0.929 bits per heavy atom. The van der Waals surface area contributed by atoms with Crippen molar-refractivity contribution in [2.24, 2.45) is 0 Å². The second-order valence-corrected chi connectivity index (χ2v) is 6.64. The highest BCUT2D eigenvalue weighted by molar-refractivity contribution is 5.74. The van der Waals surface area contributed by atoms with Gasteiger partial charge in [-0.3, -0.25) is 0 Å². The van der Waals surface area contributed by atoms with E-state index in [-0.39, 0.29) is 0 Å². The third-order valence-corrected chi connectivity index (χ3v) is 4.82. The van der Waals surface area contributed by atoms with Gasteiger partial charge in [-0.2, -0.15) is 4.98 Å². The molecule has 2 heterocycles. The number of anilines is 5. The standard InChI is InChI=1S/C22H25N5O/c1-2-17-7-3-4-8-18(17)25-22-23-12-11-21(26-22)24-19-9-5-6-10-20(19)27-13-15-28-16-14-27/h3-12H,2,13-16H2,1H3,(H2,23,24,25,26). The molecular weight excluding hydrogens is 350 g/mol. The van der Waals surface area contributed by atoms with Crippen LogP contribution in [0.5, 0.6) is 0 Å². The van der Waals surface area contributed by atoms with Crippen LogP contribution in [-0.4, -0.2) is 36.3 Å². The zero-order chi connectivity index (χ0) is 19.2. The highest BCUT2D eigenvalue weighted by Crippen LogP contribution is 2.29. The van der Waals surface area contributed by atoms with Gasteiger partial charge in [0.05, 0.1) is 24.6 Å². The first kappa shape index (κ1) is 18.3. The minimum Gasteiger partial charge on any atom is -0.378 e. The van der Waals surface area contributed by atoms with Crippen LogP contribution in [0.25, 0.3) is 0 Å². The summed E-state index contributed by atoms with van der Waals surface area (Å²) in [5, 5.41) is 6.79. The maximum atomic E-state index is 5.48. The van der Waals surface area contributed by atoms with Crippen molar-refractivity contribution in [3.8, 4) is 0 Å². The van der Waals surface area contributed by atoms with Crippen LogP contribution in [-0.2, 0) is 11.2 Å². The van der Waals surface area contributed by atoms with E-state index >= 15 is 0 Å². The number of rotatable bonds is 6. The summed E-state index contributed by atoms with van der Waals surface area (Å²) in [5.74, 6) is 1.34. The van der Waals surface area contributed by atoms with Crippen molar-refractivity contribution in [2.75, 3.05) is 41.8 Å². The molecule has 2 N–H and O–H groups in total. The fourth-order valence-corrected chi connectivity index (χ4v) is 3.36. The summed E-state index contributed by atoms with van der Waals surface area (Å²) in [7, 11) is 0. The minimum atomic E-state index is 0.578. The molecule has 0 radical (unpaired) electrons. The number of aromatic nitrogens is 2. The first-order valence-electron chi connectivity index (χ1n) is 9.70. The average Bonchev–Trinajstić information content (AvgIpc) is 2.75. The number of morpholine rings is 1. The van der Waals surface area contributed by atoms with Crippen molar-refractivity contribution in [1.82, 2.24) is 9.97 Å². The lowest BCUT2D eigenvalue weighted by molar-refractivity contribution is 0.123. The molecule has 0 aliphatic carbocycles. The molecule has 1 aliphatic heterocycles. The summed E-state index contributed by atoms with van der Waals surface area (Å²) in [6.07, 6.45) is 2.72. The highest BCUT2D eigenvalue weighted by atomic mass is 16.5. The Bertz CT molecular complexity index is 924. The molecule has 6 heteroatoms. The molecule has 0 amide bonds. The molecule has 1 fully saturated rings. The minimum absolute atomic E-state index is 0.578. The lowest BCUT2D eigenvalue weighted by Crippen LogP contribution is -2.36. The zero-order valence-corrected chi connectivity index (χ0v) is 16.1. The van der Waals surface area contributed by atoms with Crippen LogP contribution in [0, 0.1) is 0 Å². The summed E-state index contributed by atoms with van der Waals surface area (Å²) in [5.41, 5.74) is 4.47. The third kappa shape index (κ3) is 4.23. The monoisotopic (exact) mass is 375 g/mol. The van der Waals surface area contributed by atoms with Gasteiger partial charge in [-0.25, -0.2) is 4.98 Å². The van der Waals surface area contributed by atoms with Gasteiger partial charge in [0, 0.05) is 25.0 Å². The van der Waals surface area contributed by atoms with Gasteiger partial charge in [-0.05, 0) is 36.2 Å². The number of hydrogen-bond donors (Lipinski definition) is 2. The number of aryl methyl sites for hydroxylation is 1. The molecular formula is C22H25N5O. The summed E-state index contributed by atoms with van der Waals surface area (Å²) in [6.45, 7) is 5.44. The number of nitrogens with one attached hydrogen (secondary N) is 2. The lowest BCUT2D eigenvalue weighted by atomic mass is 10.1. The van der Waals surface area contributed by atoms with Gasteiger partial charge in [0.15, 0.2) is 0 Å². The van der Waals surface area contributed by atoms with E-state index in [9.17, 15) is 0 Å². The van der Waals surface area contributed by atoms with Gasteiger partial charge in [0.1, 0.15) is 5.82 Å². The predicted octanol–water partition coefficient (Wildman–Crippen LogP) is 4.36. The van der Waals surface area contributed by atoms with E-state index < -0.39 is 0 Å². The fraction of sp³-hybridized carbons (Fsp3) is 0.273. The van der Waals surface area contributed by atoms with Crippen molar-refractivity contribution in [2.45, 2.75) is 13.3 Å². The van der Waals surface area contributed by atoms with Crippen LogP contribution in [0.2, 0.25) is 0 Å². The lowest BCUT2D eigenvalue weighted by Gasteiger charge is -2.30. The quantitative estimate of drug-likeness (QED) is 0.667. The topological polar surface area (TPSA) is 62.3 Å². The Balaban J connectivity index is 1.54. The van der Waals surface area contributed by atoms with Gasteiger partial charge in [-0.1, -0.05) is 37.3 Å². The van der Waals surface area contributed by atoms with Crippen LogP contribution < -0.4 is 15.5 Å². The van der Waals surface area contributed by atoms with Crippen LogP contribution in [0.1, 0.15) is 12.5 Å². The summed E-state index contributed by atoms with van der Waals surface area (Å²) < 4.78 is 5.48. The molecule has 1 aromatic heterocycles. The second kappa shape index (κ2) is 8.71. The molecule has 6 nitrogen and oxygen atoms in total. The van der Waals surface area contributed by atoms with Gasteiger partial charge in [0.2, 0.25) is 5.95 Å². The Hall–Kier alpha value is -3.12. The first-order chi connectivity index (χ1) is 13.8. The number of nitrogens with zero attached hydrogens (tertiary/aromatic N) is 3. The molecule has 2 aromatic carbocycles. The van der Waals surface area contributed by atoms with Crippen molar-refractivity contribution in [3.63, 3.8) is 0 Å². The number of para-hydroxylation sites is 3. The van der Waals surface area contributed by atoms with Crippen LogP contribution >= 0.6 is 0 Å². The van der Waals surface area contributed by atoms with E-state index in [2.05, 4.69) is 62.8 Å². The third-order valence-electron chi connectivity index (χ3n) is 4.82. The average molecular weight is 375 g/mol. The van der Waals surface area contributed by atoms with Gasteiger partial charge in [0.25, 0.3) is 0 Å². The van der Waals surface area contributed by atoms with Crippen LogP contribution in [0.3, 0.4) is 0 Å². The molecule has 3 aromatic rings. The molecule has 28 heavy (non-hydrogen) atoms. The van der Waals surface area contributed by atoms with Crippen molar-refractivity contribution >= 4 is 28.8 Å². The van der Waals surface area contributed by atoms with Crippen LogP contribution in [0.15, 0.2) is 60.8 Å². The molecule has 144 valence electrons. The van der Waals surface area contributed by atoms with E-state index in [1.165, 1.54) is 5.56 Å². The molecule has 0 saturated carbocycles. The molecule has 4 rings (SSSR count). The van der Waals surface area contributed by atoms with E-state index in [1.54, 1.807) is 6.20 Å². The molecule has 0 atom stereocenters. The van der Waals surface area contributed by atoms with E-state index in [4.69, 9.17) is 4.74 Å². The van der Waals surface area contributed by atoms with E-state index in [0.717, 1.165) is 55.6 Å². The summed E-state index contributed by atoms with van der Waals surface area (Å²) in [6, 6.07) is 18.4. The smallest absolute Gasteiger partial charge is 0.229 e. The molecule has 0 unspecified atom stereocenters. The Morgan fingerprint density at radius 3 is 2.50 bits per heavy atom. The van der Waals surface area contributed by atoms with Crippen LogP contribution in [0.4, 0.5) is 28.8 Å². The maximum absolute atomic E-state index is 5.48. The van der Waals surface area contributed by atoms with Crippen molar-refractivity contribution in [1.29, 1.82) is 0 Å². The zero-order valence-electron chi connectivity index (χ0n) is 16.1. The fourth-order valence-electron chi connectivity index (χ4n) is 3.36. The van der Waals surface area contributed by atoms with Gasteiger partial charge in [-0.15, -0.1) is 0 Å². The number of ether oxygens (including phenoxy) is 1. The van der Waals surface area contributed by atoms with Crippen molar-refractivity contribution < 1.29 is 4.74 Å². The predicted molar refractivity (Wildman–Crippen MR) is 114 cm³/mol. The molecule has 0 spiro atoms. The van der Waals surface area contributed by atoms with Crippen molar-refractivity contribution in [3.05, 3.63) is 66.4 Å². The second-order valence-electron chi connectivity index (χ2n) is 6.64. The largest absolute Gasteiger partial charge is 0.378 e. The molecule has 1 aliphatic rings. The number of hydrogen-bond acceptors (Lipinski definition) is 6. The van der Waals surface area contributed by atoms with E-state index in [0.29, 0.717) is 5.95 Å². The summed E-state index contributed by atoms with van der Waals surface area (Å²) >= 11 is 0. The van der Waals surface area contributed by atoms with E-state index in [1.807, 2.05) is 24.3 Å². The Morgan fingerprint density at radius 2 is 1.68 bits per heavy atom. The molecule has 1 saturated heterocycles. The van der Waals surface area contributed by atoms with Gasteiger partial charge < -0.3 is 20.3 Å². The SMILES string of the molecule is CCc1ccccc1Nc1nccc(Nc2ccccc2N2CCOCC2)n1.